The first-order valence-electron chi connectivity index (χ1n) is 5.98. The number of benzene rings is 2. The molecule has 0 bridgehead atoms. The number of nitrogens with two attached hydrogens (primary N) is 1. The van der Waals surface area contributed by atoms with Crippen molar-refractivity contribution in [1.29, 1.82) is 0 Å². The van der Waals surface area contributed by atoms with Gasteiger partial charge in [-0.15, -0.1) is 0 Å². The van der Waals surface area contributed by atoms with E-state index < -0.39 is 5.82 Å². The zero-order chi connectivity index (χ0) is 15.1. The number of methoxy groups -OCH3 is 1. The maximum Gasteiger partial charge on any atom is 0.206 e. The van der Waals surface area contributed by atoms with E-state index in [0.717, 1.165) is 0 Å². The molecule has 3 rings (SSSR count). The zero-order valence-corrected chi connectivity index (χ0v) is 12.4. The molecular formula is C14H10Cl2FN3O. The minimum absolute atomic E-state index is 0.154. The molecule has 0 aliphatic heterocycles. The highest BCUT2D eigenvalue weighted by Crippen LogP contribution is 2.35. The van der Waals surface area contributed by atoms with Gasteiger partial charge in [0.2, 0.25) is 5.95 Å². The number of anilines is 1. The van der Waals surface area contributed by atoms with Crippen LogP contribution in [0.5, 0.6) is 5.75 Å². The fourth-order valence-corrected chi connectivity index (χ4v) is 2.82. The Hall–Kier alpha value is -1.98. The number of rotatable bonds is 2. The second kappa shape index (κ2) is 5.09. The molecule has 108 valence electrons. The highest BCUT2D eigenvalue weighted by Gasteiger charge is 2.17. The second-order valence-corrected chi connectivity index (χ2v) is 5.19. The van der Waals surface area contributed by atoms with Crippen molar-refractivity contribution in [2.45, 2.75) is 0 Å². The molecule has 0 radical (unpaired) electrons. The van der Waals surface area contributed by atoms with Crippen LogP contribution in [0.2, 0.25) is 10.0 Å². The molecule has 2 aromatic carbocycles. The molecule has 1 aromatic heterocycles. The molecule has 1 heterocycles. The summed E-state index contributed by atoms with van der Waals surface area (Å²) in [4.78, 5) is 4.25. The van der Waals surface area contributed by atoms with E-state index in [1.165, 1.54) is 12.1 Å². The highest BCUT2D eigenvalue weighted by molar-refractivity contribution is 6.38. The van der Waals surface area contributed by atoms with Crippen LogP contribution in [0.3, 0.4) is 0 Å². The Balaban J connectivity index is 2.33. The lowest BCUT2D eigenvalue weighted by atomic mass is 10.2. The van der Waals surface area contributed by atoms with Gasteiger partial charge in [-0.05, 0) is 24.3 Å². The molecule has 0 saturated heterocycles. The lowest BCUT2D eigenvalue weighted by molar-refractivity contribution is 0.415. The first kappa shape index (κ1) is 14.0. The molecule has 0 spiro atoms. The van der Waals surface area contributed by atoms with Gasteiger partial charge in [-0.3, -0.25) is 4.57 Å². The topological polar surface area (TPSA) is 53.1 Å². The third-order valence-corrected chi connectivity index (χ3v) is 3.67. The molecule has 0 fully saturated rings. The van der Waals surface area contributed by atoms with Crippen molar-refractivity contribution in [2.75, 3.05) is 12.8 Å². The van der Waals surface area contributed by atoms with Gasteiger partial charge in [0.05, 0.1) is 33.9 Å². The van der Waals surface area contributed by atoms with Crippen molar-refractivity contribution in [3.63, 3.8) is 0 Å². The number of imidazole rings is 1. The monoisotopic (exact) mass is 325 g/mol. The largest absolute Gasteiger partial charge is 0.497 e. The standard InChI is InChI=1S/C14H10Cl2FN3O/c1-21-8-2-3-12-11(6-8)19-14(18)20(12)13-9(15)4-7(17)5-10(13)16/h2-6H,1H3,(H2,18,19). The van der Waals surface area contributed by atoms with Crippen LogP contribution in [-0.2, 0) is 0 Å². The van der Waals surface area contributed by atoms with E-state index in [9.17, 15) is 4.39 Å². The molecule has 7 heteroatoms. The quantitative estimate of drug-likeness (QED) is 0.772. The van der Waals surface area contributed by atoms with Crippen molar-refractivity contribution in [3.8, 4) is 11.4 Å². The summed E-state index contributed by atoms with van der Waals surface area (Å²) in [7, 11) is 1.56. The Labute approximate surface area is 129 Å². The molecular weight excluding hydrogens is 316 g/mol. The van der Waals surface area contributed by atoms with Crippen LogP contribution < -0.4 is 10.5 Å². The third kappa shape index (κ3) is 2.28. The summed E-state index contributed by atoms with van der Waals surface area (Å²) in [5, 5.41) is 0.309. The fraction of sp³-hybridized carbons (Fsp3) is 0.0714. The van der Waals surface area contributed by atoms with Crippen LogP contribution in [-0.4, -0.2) is 16.7 Å². The van der Waals surface area contributed by atoms with Crippen molar-refractivity contribution in [1.82, 2.24) is 9.55 Å². The second-order valence-electron chi connectivity index (χ2n) is 4.38. The average Bonchev–Trinajstić information content (AvgIpc) is 2.73. The molecule has 0 aliphatic carbocycles. The summed E-state index contributed by atoms with van der Waals surface area (Å²) >= 11 is 12.2. The molecule has 2 N–H and O–H groups in total. The van der Waals surface area contributed by atoms with E-state index in [-0.39, 0.29) is 16.0 Å². The normalized spacial score (nSPS) is 11.0. The van der Waals surface area contributed by atoms with Crippen LogP contribution >= 0.6 is 23.2 Å². The first-order chi connectivity index (χ1) is 10.0. The minimum Gasteiger partial charge on any atom is -0.497 e. The number of nitrogen functional groups attached to an aromatic ring is 1. The number of aromatic nitrogens is 2. The average molecular weight is 326 g/mol. The minimum atomic E-state index is -0.515. The summed E-state index contributed by atoms with van der Waals surface area (Å²) in [5.41, 5.74) is 7.67. The van der Waals surface area contributed by atoms with E-state index >= 15 is 0 Å². The molecule has 21 heavy (non-hydrogen) atoms. The summed E-state index contributed by atoms with van der Waals surface area (Å²) in [6, 6.07) is 7.65. The van der Waals surface area contributed by atoms with Crippen molar-refractivity contribution in [2.24, 2.45) is 0 Å². The molecule has 3 aromatic rings. The molecule has 0 unspecified atom stereocenters. The number of fused-ring (bicyclic) bond motifs is 1. The van der Waals surface area contributed by atoms with E-state index in [1.807, 2.05) is 0 Å². The van der Waals surface area contributed by atoms with Gasteiger partial charge in [0.15, 0.2) is 0 Å². The Morgan fingerprint density at radius 2 is 1.86 bits per heavy atom. The van der Waals surface area contributed by atoms with Gasteiger partial charge in [0, 0.05) is 6.07 Å². The maximum absolute atomic E-state index is 13.3. The zero-order valence-electron chi connectivity index (χ0n) is 10.9. The SMILES string of the molecule is COc1ccc2c(c1)nc(N)n2-c1c(Cl)cc(F)cc1Cl. The van der Waals surface area contributed by atoms with Gasteiger partial charge >= 0.3 is 0 Å². The van der Waals surface area contributed by atoms with Crippen molar-refractivity contribution in [3.05, 3.63) is 46.2 Å². The summed E-state index contributed by atoms with van der Waals surface area (Å²) in [6.45, 7) is 0. The molecule has 0 aliphatic rings. The van der Waals surface area contributed by atoms with Gasteiger partial charge in [-0.25, -0.2) is 9.37 Å². The molecule has 4 nitrogen and oxygen atoms in total. The van der Waals surface area contributed by atoms with E-state index in [2.05, 4.69) is 4.98 Å². The fourth-order valence-electron chi connectivity index (χ4n) is 2.19. The van der Waals surface area contributed by atoms with Crippen LogP contribution in [0.1, 0.15) is 0 Å². The van der Waals surface area contributed by atoms with Gasteiger partial charge in [-0.1, -0.05) is 23.2 Å². The molecule has 0 amide bonds. The smallest absolute Gasteiger partial charge is 0.206 e. The van der Waals surface area contributed by atoms with Crippen molar-refractivity contribution < 1.29 is 9.13 Å². The van der Waals surface area contributed by atoms with Crippen LogP contribution in [0.15, 0.2) is 30.3 Å². The predicted molar refractivity (Wildman–Crippen MR) is 82.0 cm³/mol. The lowest BCUT2D eigenvalue weighted by Crippen LogP contribution is -2.02. The van der Waals surface area contributed by atoms with Crippen LogP contribution in [0.25, 0.3) is 16.7 Å². The number of ether oxygens (including phenoxy) is 1. The number of nitrogens with zero attached hydrogens (tertiary/aromatic N) is 2. The highest BCUT2D eigenvalue weighted by atomic mass is 35.5. The molecule has 0 saturated carbocycles. The Kier molecular flexibility index (Phi) is 3.39. The van der Waals surface area contributed by atoms with Crippen LogP contribution in [0, 0.1) is 5.82 Å². The van der Waals surface area contributed by atoms with E-state index in [0.29, 0.717) is 22.5 Å². The van der Waals surface area contributed by atoms with Gasteiger partial charge in [0.1, 0.15) is 11.6 Å². The lowest BCUT2D eigenvalue weighted by Gasteiger charge is -2.11. The van der Waals surface area contributed by atoms with E-state index in [1.54, 1.807) is 29.9 Å². The number of hydrogen-bond acceptors (Lipinski definition) is 3. The maximum atomic E-state index is 13.3. The van der Waals surface area contributed by atoms with Gasteiger partial charge in [-0.2, -0.15) is 0 Å². The first-order valence-corrected chi connectivity index (χ1v) is 6.73. The number of halogens is 3. The Morgan fingerprint density at radius 3 is 2.48 bits per heavy atom. The third-order valence-electron chi connectivity index (χ3n) is 3.09. The number of hydrogen-bond donors (Lipinski definition) is 1. The summed E-state index contributed by atoms with van der Waals surface area (Å²) in [5.74, 6) is 0.343. The summed E-state index contributed by atoms with van der Waals surface area (Å²) in [6.07, 6.45) is 0. The van der Waals surface area contributed by atoms with Crippen LogP contribution in [0.4, 0.5) is 10.3 Å². The van der Waals surface area contributed by atoms with Crippen molar-refractivity contribution >= 4 is 40.2 Å². The molecule has 0 atom stereocenters. The Morgan fingerprint density at radius 1 is 1.19 bits per heavy atom. The van der Waals surface area contributed by atoms with Gasteiger partial charge in [0.25, 0.3) is 0 Å². The Bertz CT molecular complexity index is 825. The van der Waals surface area contributed by atoms with E-state index in [4.69, 9.17) is 33.7 Å². The summed E-state index contributed by atoms with van der Waals surface area (Å²) < 4.78 is 20.1. The predicted octanol–water partition coefficient (Wildman–Crippen LogP) is 4.06. The van der Waals surface area contributed by atoms with Gasteiger partial charge < -0.3 is 10.5 Å².